The molecule has 2 aromatic heterocycles. The number of nitrogens with one attached hydrogen (secondary N) is 1. The van der Waals surface area contributed by atoms with Gasteiger partial charge < -0.3 is 14.5 Å². The molecule has 0 bridgehead atoms. The average molecular weight is 529 g/mol. The summed E-state index contributed by atoms with van der Waals surface area (Å²) < 4.78 is 51.7. The van der Waals surface area contributed by atoms with Crippen molar-refractivity contribution in [1.82, 2.24) is 4.98 Å². The van der Waals surface area contributed by atoms with Crippen LogP contribution in [0, 0.1) is 0 Å². The van der Waals surface area contributed by atoms with E-state index in [1.807, 2.05) is 6.92 Å². The van der Waals surface area contributed by atoms with E-state index in [4.69, 9.17) is 20.8 Å². The molecule has 0 unspecified atom stereocenters. The highest BCUT2D eigenvalue weighted by Crippen LogP contribution is 2.34. The van der Waals surface area contributed by atoms with Crippen LogP contribution in [0.25, 0.3) is 11.0 Å². The van der Waals surface area contributed by atoms with Crippen molar-refractivity contribution < 1.29 is 27.1 Å². The quantitative estimate of drug-likeness (QED) is 0.211. The molecule has 0 saturated heterocycles. The van der Waals surface area contributed by atoms with Crippen molar-refractivity contribution >= 4 is 46.0 Å². The molecule has 0 aliphatic rings. The number of anilines is 1. The number of carbonyl (C=O) groups is 1. The number of pyridine rings is 1. The first-order valence-corrected chi connectivity index (χ1v) is 12.1. The van der Waals surface area contributed by atoms with Crippen LogP contribution in [-0.2, 0) is 17.3 Å². The third-order valence-electron chi connectivity index (χ3n) is 4.66. The van der Waals surface area contributed by atoms with Gasteiger partial charge in [0.2, 0.25) is 0 Å². The van der Waals surface area contributed by atoms with Gasteiger partial charge in [-0.25, -0.2) is 9.78 Å². The molecule has 188 valence electrons. The summed E-state index contributed by atoms with van der Waals surface area (Å²) in [7, 11) is 0. The summed E-state index contributed by atoms with van der Waals surface area (Å²) in [6.45, 7) is 7.11. The Bertz CT molecular complexity index is 1300. The predicted molar refractivity (Wildman–Crippen MR) is 130 cm³/mol. The van der Waals surface area contributed by atoms with Gasteiger partial charge in [0.05, 0.1) is 16.6 Å². The van der Waals surface area contributed by atoms with E-state index in [1.54, 1.807) is 20.8 Å². The molecule has 11 heteroatoms. The maximum Gasteiger partial charge on any atom is 0.416 e. The molecule has 0 spiro atoms. The van der Waals surface area contributed by atoms with Gasteiger partial charge in [0, 0.05) is 12.6 Å². The Morgan fingerprint density at radius 1 is 1.20 bits per heavy atom. The maximum atomic E-state index is 13.5. The number of esters is 1. The third kappa shape index (κ3) is 6.91. The number of hydrogen-bond donors (Lipinski definition) is 1. The van der Waals surface area contributed by atoms with Gasteiger partial charge in [-0.15, -0.1) is 0 Å². The molecule has 35 heavy (non-hydrogen) atoms. The van der Waals surface area contributed by atoms with Crippen molar-refractivity contribution in [2.75, 3.05) is 17.6 Å². The molecule has 0 saturated carbocycles. The van der Waals surface area contributed by atoms with E-state index in [2.05, 4.69) is 10.3 Å². The second-order valence-corrected chi connectivity index (χ2v) is 10.2. The lowest BCUT2D eigenvalue weighted by atomic mass is 10.0. The molecule has 2 heterocycles. The van der Waals surface area contributed by atoms with Gasteiger partial charge in [-0.3, -0.25) is 4.79 Å². The summed E-state index contributed by atoms with van der Waals surface area (Å²) in [4.78, 5) is 29.2. The number of rotatable bonds is 7. The van der Waals surface area contributed by atoms with Crippen molar-refractivity contribution in [2.45, 2.75) is 51.0 Å². The molecule has 0 fully saturated rings. The summed E-state index contributed by atoms with van der Waals surface area (Å²) in [6, 6.07) is 6.00. The fourth-order valence-electron chi connectivity index (χ4n) is 3.26. The monoisotopic (exact) mass is 528 g/mol. The molecule has 0 amide bonds. The van der Waals surface area contributed by atoms with Gasteiger partial charge >= 0.3 is 12.1 Å². The number of hydrogen-bond acceptors (Lipinski definition) is 7. The third-order valence-corrected chi connectivity index (χ3v) is 5.64. The van der Waals surface area contributed by atoms with Gasteiger partial charge in [-0.05, 0) is 62.8 Å². The molecule has 1 N–H and O–H groups in total. The number of benzene rings is 1. The van der Waals surface area contributed by atoms with E-state index in [0.29, 0.717) is 16.5 Å². The fraction of sp³-hybridized carbons (Fsp3) is 0.375. The van der Waals surface area contributed by atoms with Crippen LogP contribution in [0.4, 0.5) is 18.9 Å². The zero-order chi connectivity index (χ0) is 26.0. The Hall–Kier alpha value is -2.72. The van der Waals surface area contributed by atoms with Gasteiger partial charge in [-0.1, -0.05) is 30.3 Å². The minimum absolute atomic E-state index is 0.0468. The topological polar surface area (TPSA) is 81.4 Å². The van der Waals surface area contributed by atoms with E-state index in [-0.39, 0.29) is 40.3 Å². The lowest BCUT2D eigenvalue weighted by Gasteiger charge is -2.20. The molecule has 0 radical (unpaired) electrons. The normalized spacial score (nSPS) is 12.1. The van der Waals surface area contributed by atoms with Crippen molar-refractivity contribution in [3.8, 4) is 0 Å². The van der Waals surface area contributed by atoms with Crippen molar-refractivity contribution in [3.63, 3.8) is 0 Å². The molecule has 0 aliphatic carbocycles. The molecular formula is C24H24ClF3N2O4S. The molecule has 6 nitrogen and oxygen atoms in total. The minimum atomic E-state index is -4.64. The van der Waals surface area contributed by atoms with Crippen LogP contribution in [0.15, 0.2) is 44.6 Å². The van der Waals surface area contributed by atoms with Crippen molar-refractivity contribution in [2.24, 2.45) is 0 Å². The maximum absolute atomic E-state index is 13.5. The first-order chi connectivity index (χ1) is 16.3. The lowest BCUT2D eigenvalue weighted by molar-refractivity contribution is -0.137. The van der Waals surface area contributed by atoms with Crippen LogP contribution < -0.4 is 10.7 Å². The van der Waals surface area contributed by atoms with Crippen LogP contribution >= 0.6 is 23.4 Å². The summed E-state index contributed by atoms with van der Waals surface area (Å²) in [6.07, 6.45) is -4.57. The second kappa shape index (κ2) is 10.5. The van der Waals surface area contributed by atoms with Crippen LogP contribution in [0.2, 0.25) is 5.15 Å². The summed E-state index contributed by atoms with van der Waals surface area (Å²) in [5.41, 5.74) is -1.68. The van der Waals surface area contributed by atoms with Gasteiger partial charge in [-0.2, -0.15) is 13.2 Å². The Morgan fingerprint density at radius 2 is 1.91 bits per heavy atom. The highest BCUT2D eigenvalue weighted by molar-refractivity contribution is 7.99. The van der Waals surface area contributed by atoms with Crippen LogP contribution in [-0.4, -0.2) is 28.9 Å². The first kappa shape index (κ1) is 26.9. The Balaban J connectivity index is 1.94. The molecule has 1 aromatic carbocycles. The van der Waals surface area contributed by atoms with E-state index in [1.165, 1.54) is 30.0 Å². The van der Waals surface area contributed by atoms with Gasteiger partial charge in [0.25, 0.3) is 0 Å². The lowest BCUT2D eigenvalue weighted by Crippen LogP contribution is -2.25. The summed E-state index contributed by atoms with van der Waals surface area (Å²) in [5, 5.41) is 3.28. The zero-order valence-corrected chi connectivity index (χ0v) is 21.1. The number of aromatic nitrogens is 1. The highest BCUT2D eigenvalue weighted by atomic mass is 35.5. The molecule has 0 atom stereocenters. The predicted octanol–water partition coefficient (Wildman–Crippen LogP) is 6.58. The molecule has 0 aliphatic heterocycles. The van der Waals surface area contributed by atoms with E-state index >= 15 is 0 Å². The Kier molecular flexibility index (Phi) is 8.06. The largest absolute Gasteiger partial charge is 0.455 e. The fourth-order valence-corrected chi connectivity index (χ4v) is 4.03. The van der Waals surface area contributed by atoms with Gasteiger partial charge in [0.15, 0.2) is 16.2 Å². The first-order valence-electron chi connectivity index (χ1n) is 10.7. The van der Waals surface area contributed by atoms with Gasteiger partial charge in [0.1, 0.15) is 16.3 Å². The highest BCUT2D eigenvalue weighted by Gasteiger charge is 2.32. The Morgan fingerprint density at radius 3 is 2.54 bits per heavy atom. The van der Waals surface area contributed by atoms with E-state index < -0.39 is 28.7 Å². The number of ether oxygens (including phenoxy) is 1. The average Bonchev–Trinajstić information content (AvgIpc) is 2.73. The van der Waals surface area contributed by atoms with Crippen LogP contribution in [0.1, 0.15) is 49.3 Å². The van der Waals surface area contributed by atoms with Crippen LogP contribution in [0.3, 0.4) is 0 Å². The minimum Gasteiger partial charge on any atom is -0.455 e. The number of halogens is 4. The summed E-state index contributed by atoms with van der Waals surface area (Å²) >= 11 is 7.22. The second-order valence-electron chi connectivity index (χ2n) is 8.58. The molecule has 3 rings (SSSR count). The number of carbonyl (C=O) groups excluding carboxylic acids is 1. The number of alkyl halides is 3. The number of nitrogens with zero attached hydrogens (tertiary/aromatic N) is 1. The smallest absolute Gasteiger partial charge is 0.416 e. The van der Waals surface area contributed by atoms with E-state index in [9.17, 15) is 22.8 Å². The SMILES string of the molecule is CCSc1cc(=O)c2cc(C(F)(F)F)cc(CCNc3ccc(Cl)nc3C(=O)OC(C)(C)C)c2o1. The van der Waals surface area contributed by atoms with Crippen molar-refractivity contribution in [3.05, 3.63) is 62.5 Å². The van der Waals surface area contributed by atoms with Crippen molar-refractivity contribution in [1.29, 1.82) is 0 Å². The van der Waals surface area contributed by atoms with E-state index in [0.717, 1.165) is 12.1 Å². The number of thioether (sulfide) groups is 1. The Labute approximate surface area is 209 Å². The molecule has 3 aromatic rings. The standard InChI is InChI=1S/C24H24ClF3N2O4S/c1-5-35-19-12-17(31)15-11-14(24(26,27)28)10-13(21(15)33-19)8-9-29-16-6-7-18(25)30-20(16)22(32)34-23(2,3)4/h6-7,10-12,29H,5,8-9H2,1-4H3. The van der Waals surface area contributed by atoms with Crippen LogP contribution in [0.5, 0.6) is 0 Å². The molecular weight excluding hydrogens is 505 g/mol. The number of fused-ring (bicyclic) bond motifs is 1. The summed E-state index contributed by atoms with van der Waals surface area (Å²) in [5.74, 6) is -0.0672. The zero-order valence-electron chi connectivity index (χ0n) is 19.5.